The highest BCUT2D eigenvalue weighted by Gasteiger charge is 2.21. The average Bonchev–Trinajstić information content (AvgIpc) is 2.83. The van der Waals surface area contributed by atoms with Crippen LogP contribution in [0.1, 0.15) is 34.8 Å². The number of aromatic nitrogens is 2. The third kappa shape index (κ3) is 5.54. The Balaban J connectivity index is 1.57. The number of rotatable bonds is 8. The zero-order chi connectivity index (χ0) is 23.4. The molecule has 6 nitrogen and oxygen atoms in total. The van der Waals surface area contributed by atoms with Gasteiger partial charge in [-0.15, -0.1) is 0 Å². The zero-order valence-corrected chi connectivity index (χ0v) is 20.4. The molecule has 4 rings (SSSR count). The lowest BCUT2D eigenvalue weighted by Gasteiger charge is -2.24. The molecule has 1 aliphatic rings. The van der Waals surface area contributed by atoms with Crippen LogP contribution in [-0.2, 0) is 11.3 Å². The van der Waals surface area contributed by atoms with Crippen LogP contribution in [0.4, 0.5) is 0 Å². The maximum atomic E-state index is 13.3. The summed E-state index contributed by atoms with van der Waals surface area (Å²) in [7, 11) is 0. The molecule has 0 radical (unpaired) electrons. The number of quaternary nitrogens is 1. The lowest BCUT2D eigenvalue weighted by atomic mass is 10.0. The minimum absolute atomic E-state index is 0.0362. The summed E-state index contributed by atoms with van der Waals surface area (Å²) in [6, 6.07) is 13.3. The Bertz CT molecular complexity index is 1200. The molecular formula is C26H32N3O3S+. The molecule has 1 fully saturated rings. The first-order chi connectivity index (χ1) is 15.9. The second-order valence-electron chi connectivity index (χ2n) is 8.76. The first-order valence-electron chi connectivity index (χ1n) is 11.6. The number of ketones is 1. The minimum atomic E-state index is -0.351. The third-order valence-corrected chi connectivity index (χ3v) is 7.47. The van der Waals surface area contributed by atoms with Crippen molar-refractivity contribution in [2.75, 3.05) is 32.8 Å². The van der Waals surface area contributed by atoms with Crippen molar-refractivity contribution in [1.29, 1.82) is 0 Å². The van der Waals surface area contributed by atoms with Gasteiger partial charge in [0.25, 0.3) is 5.56 Å². The highest BCUT2D eigenvalue weighted by molar-refractivity contribution is 8.00. The molecule has 0 bridgehead atoms. The fourth-order valence-electron chi connectivity index (χ4n) is 4.17. The van der Waals surface area contributed by atoms with Crippen LogP contribution in [-0.4, -0.2) is 53.4 Å². The van der Waals surface area contributed by atoms with Crippen LogP contribution in [0.2, 0.25) is 0 Å². The van der Waals surface area contributed by atoms with Crippen LogP contribution in [0.5, 0.6) is 0 Å². The summed E-state index contributed by atoms with van der Waals surface area (Å²) in [5.74, 6) is 0.0508. The number of carbonyl (C=O) groups excluding carboxylic acids is 1. The predicted molar refractivity (Wildman–Crippen MR) is 133 cm³/mol. The molecule has 1 aliphatic heterocycles. The quantitative estimate of drug-likeness (QED) is 0.314. The normalized spacial score (nSPS) is 15.6. The van der Waals surface area contributed by atoms with E-state index in [1.54, 1.807) is 4.57 Å². The second-order valence-corrected chi connectivity index (χ2v) is 10.1. The number of hydrogen-bond donors (Lipinski definition) is 1. The van der Waals surface area contributed by atoms with Gasteiger partial charge in [-0.3, -0.25) is 14.2 Å². The topological polar surface area (TPSA) is 65.6 Å². The molecule has 0 aliphatic carbocycles. The van der Waals surface area contributed by atoms with Gasteiger partial charge < -0.3 is 9.64 Å². The number of para-hydroxylation sites is 1. The molecule has 33 heavy (non-hydrogen) atoms. The van der Waals surface area contributed by atoms with E-state index in [9.17, 15) is 9.59 Å². The SMILES string of the molecule is Cc1ccc(C(=O)[C@@H](C)Sc2nc3ccccc3c(=O)n2CCC[NH+]2CCOCC2)cc1C. The van der Waals surface area contributed by atoms with Crippen molar-refractivity contribution in [2.24, 2.45) is 0 Å². The van der Waals surface area contributed by atoms with E-state index in [2.05, 4.69) is 0 Å². The molecule has 3 aromatic rings. The number of hydrogen-bond acceptors (Lipinski definition) is 5. The number of nitrogens with zero attached hydrogens (tertiary/aromatic N) is 2. The Labute approximate surface area is 199 Å². The molecule has 2 aromatic carbocycles. The molecule has 0 saturated carbocycles. The van der Waals surface area contributed by atoms with E-state index in [0.29, 0.717) is 28.2 Å². The monoisotopic (exact) mass is 466 g/mol. The summed E-state index contributed by atoms with van der Waals surface area (Å²) in [5.41, 5.74) is 3.60. The van der Waals surface area contributed by atoms with Gasteiger partial charge in [0.2, 0.25) is 0 Å². The third-order valence-electron chi connectivity index (χ3n) is 6.38. The number of fused-ring (bicyclic) bond motifs is 1. The van der Waals surface area contributed by atoms with Crippen LogP contribution < -0.4 is 10.5 Å². The zero-order valence-electron chi connectivity index (χ0n) is 19.6. The molecule has 174 valence electrons. The van der Waals surface area contributed by atoms with Crippen LogP contribution in [0, 0.1) is 13.8 Å². The number of morpholine rings is 1. The molecular weight excluding hydrogens is 434 g/mol. The van der Waals surface area contributed by atoms with Crippen LogP contribution in [0.15, 0.2) is 52.4 Å². The van der Waals surface area contributed by atoms with E-state index in [4.69, 9.17) is 9.72 Å². The van der Waals surface area contributed by atoms with Gasteiger partial charge in [0.15, 0.2) is 10.9 Å². The smallest absolute Gasteiger partial charge is 0.262 e. The van der Waals surface area contributed by atoms with E-state index in [1.807, 2.05) is 63.2 Å². The summed E-state index contributed by atoms with van der Waals surface area (Å²) >= 11 is 1.37. The highest BCUT2D eigenvalue weighted by atomic mass is 32.2. The van der Waals surface area contributed by atoms with Crippen molar-refractivity contribution >= 4 is 28.4 Å². The van der Waals surface area contributed by atoms with E-state index in [0.717, 1.165) is 44.8 Å². The molecule has 1 N–H and O–H groups in total. The molecule has 2 heterocycles. The number of thioether (sulfide) groups is 1. The molecule has 0 unspecified atom stereocenters. The number of ether oxygens (including phenoxy) is 1. The minimum Gasteiger partial charge on any atom is -0.370 e. The fourth-order valence-corrected chi connectivity index (χ4v) is 5.18. The van der Waals surface area contributed by atoms with Gasteiger partial charge in [0, 0.05) is 18.5 Å². The standard InChI is InChI=1S/C26H31N3O3S/c1-18-9-10-21(17-19(18)2)24(30)20(3)33-26-27-23-8-5-4-7-22(23)25(31)29(26)12-6-11-28-13-15-32-16-14-28/h4-5,7-10,17,20H,6,11-16H2,1-3H3/p+1/t20-/m1/s1. The van der Waals surface area contributed by atoms with Crippen molar-refractivity contribution < 1.29 is 14.4 Å². The Morgan fingerprint density at radius 2 is 1.91 bits per heavy atom. The maximum Gasteiger partial charge on any atom is 0.262 e. The average molecular weight is 467 g/mol. The number of aryl methyl sites for hydroxylation is 2. The first kappa shape index (κ1) is 23.7. The van der Waals surface area contributed by atoms with Crippen LogP contribution in [0.25, 0.3) is 10.9 Å². The second kappa shape index (κ2) is 10.6. The molecule has 1 atom stereocenters. The van der Waals surface area contributed by atoms with E-state index in [-0.39, 0.29) is 16.6 Å². The van der Waals surface area contributed by atoms with Gasteiger partial charge in [-0.2, -0.15) is 0 Å². The van der Waals surface area contributed by atoms with Crippen molar-refractivity contribution in [3.63, 3.8) is 0 Å². The number of carbonyl (C=O) groups is 1. The Kier molecular flexibility index (Phi) is 7.63. The van der Waals surface area contributed by atoms with Gasteiger partial charge in [0.1, 0.15) is 13.1 Å². The number of benzene rings is 2. The van der Waals surface area contributed by atoms with Crippen molar-refractivity contribution in [1.82, 2.24) is 9.55 Å². The predicted octanol–water partition coefficient (Wildman–Crippen LogP) is 2.68. The Morgan fingerprint density at radius 3 is 2.67 bits per heavy atom. The van der Waals surface area contributed by atoms with Crippen molar-refractivity contribution in [3.05, 3.63) is 69.5 Å². The van der Waals surface area contributed by atoms with Gasteiger partial charge >= 0.3 is 0 Å². The molecule has 1 saturated heterocycles. The van der Waals surface area contributed by atoms with Crippen molar-refractivity contribution in [3.8, 4) is 0 Å². The summed E-state index contributed by atoms with van der Waals surface area (Å²) in [5, 5.41) is 0.880. The van der Waals surface area contributed by atoms with Gasteiger partial charge in [-0.25, -0.2) is 4.98 Å². The Morgan fingerprint density at radius 1 is 1.15 bits per heavy atom. The van der Waals surface area contributed by atoms with E-state index in [1.165, 1.54) is 22.2 Å². The maximum absolute atomic E-state index is 13.3. The fraction of sp³-hybridized carbons (Fsp3) is 0.423. The number of Topliss-reactive ketones (excluding diaryl/α,β-unsaturated/α-hetero) is 1. The van der Waals surface area contributed by atoms with Crippen molar-refractivity contribution in [2.45, 2.75) is 44.1 Å². The summed E-state index contributed by atoms with van der Waals surface area (Å²) in [6.45, 7) is 11.1. The van der Waals surface area contributed by atoms with Gasteiger partial charge in [-0.1, -0.05) is 36.0 Å². The highest BCUT2D eigenvalue weighted by Crippen LogP contribution is 2.26. The molecule has 1 aromatic heterocycles. The van der Waals surface area contributed by atoms with Crippen LogP contribution >= 0.6 is 11.8 Å². The van der Waals surface area contributed by atoms with E-state index >= 15 is 0 Å². The lowest BCUT2D eigenvalue weighted by molar-refractivity contribution is -0.908. The van der Waals surface area contributed by atoms with Gasteiger partial charge in [0.05, 0.1) is 35.9 Å². The van der Waals surface area contributed by atoms with Crippen LogP contribution in [0.3, 0.4) is 0 Å². The van der Waals surface area contributed by atoms with Gasteiger partial charge in [-0.05, 0) is 50.1 Å². The number of nitrogens with one attached hydrogen (secondary N) is 1. The molecule has 0 spiro atoms. The Hall–Kier alpha value is -2.48. The largest absolute Gasteiger partial charge is 0.370 e. The van der Waals surface area contributed by atoms with E-state index < -0.39 is 0 Å². The molecule has 0 amide bonds. The summed E-state index contributed by atoms with van der Waals surface area (Å²) in [4.78, 5) is 32.8. The summed E-state index contributed by atoms with van der Waals surface area (Å²) in [6.07, 6.45) is 0.877. The first-order valence-corrected chi connectivity index (χ1v) is 12.5. The lowest BCUT2D eigenvalue weighted by Crippen LogP contribution is -3.14. The summed E-state index contributed by atoms with van der Waals surface area (Å²) < 4.78 is 7.21. The molecule has 7 heteroatoms.